The Labute approximate surface area is 108 Å². The van der Waals surface area contributed by atoms with Crippen LogP contribution in [0.2, 0.25) is 0 Å². The minimum absolute atomic E-state index is 0.0824. The molecule has 2 atom stereocenters. The van der Waals surface area contributed by atoms with Gasteiger partial charge in [-0.2, -0.15) is 0 Å². The highest BCUT2D eigenvalue weighted by Gasteiger charge is 2.34. The Morgan fingerprint density at radius 2 is 2.33 bits per heavy atom. The second-order valence-corrected chi connectivity index (χ2v) is 4.76. The van der Waals surface area contributed by atoms with Gasteiger partial charge in [-0.3, -0.25) is 9.78 Å². The number of nitrogens with one attached hydrogen (secondary N) is 1. The predicted octanol–water partition coefficient (Wildman–Crippen LogP) is 1.59. The number of carbonyl (C=O) groups excluding carboxylic acids is 1. The maximum absolute atomic E-state index is 12.4. The SMILES string of the molecule is CCCNC1COCC1C(=O)c1ccc(C)nc1. The second-order valence-electron chi connectivity index (χ2n) is 4.76. The highest BCUT2D eigenvalue weighted by atomic mass is 16.5. The zero-order chi connectivity index (χ0) is 13.0. The van der Waals surface area contributed by atoms with E-state index in [-0.39, 0.29) is 17.7 Å². The van der Waals surface area contributed by atoms with Gasteiger partial charge in [-0.1, -0.05) is 6.92 Å². The summed E-state index contributed by atoms with van der Waals surface area (Å²) in [5.41, 5.74) is 1.61. The summed E-state index contributed by atoms with van der Waals surface area (Å²) in [6.45, 7) is 6.08. The normalized spacial score (nSPS) is 23.2. The summed E-state index contributed by atoms with van der Waals surface area (Å²) in [6, 6.07) is 3.86. The molecule has 0 radical (unpaired) electrons. The molecule has 0 bridgehead atoms. The highest BCUT2D eigenvalue weighted by molar-refractivity contribution is 5.98. The van der Waals surface area contributed by atoms with Crippen LogP contribution in [0.25, 0.3) is 0 Å². The second kappa shape index (κ2) is 6.07. The van der Waals surface area contributed by atoms with Crippen LogP contribution in [0.1, 0.15) is 29.4 Å². The lowest BCUT2D eigenvalue weighted by atomic mass is 9.94. The van der Waals surface area contributed by atoms with Crippen LogP contribution in [-0.2, 0) is 4.74 Å². The number of Topliss-reactive ketones (excluding diaryl/α,β-unsaturated/α-hetero) is 1. The van der Waals surface area contributed by atoms with Crippen molar-refractivity contribution in [2.24, 2.45) is 5.92 Å². The number of aromatic nitrogens is 1. The maximum atomic E-state index is 12.4. The first-order valence-electron chi connectivity index (χ1n) is 6.50. The van der Waals surface area contributed by atoms with Crippen molar-refractivity contribution in [2.45, 2.75) is 26.3 Å². The van der Waals surface area contributed by atoms with Crippen LogP contribution in [0, 0.1) is 12.8 Å². The number of nitrogens with zero attached hydrogens (tertiary/aromatic N) is 1. The third-order valence-electron chi connectivity index (χ3n) is 3.27. The monoisotopic (exact) mass is 248 g/mol. The lowest BCUT2D eigenvalue weighted by Gasteiger charge is -2.17. The fourth-order valence-corrected chi connectivity index (χ4v) is 2.17. The van der Waals surface area contributed by atoms with Gasteiger partial charge in [-0.05, 0) is 32.0 Å². The van der Waals surface area contributed by atoms with E-state index in [2.05, 4.69) is 17.2 Å². The fraction of sp³-hybridized carbons (Fsp3) is 0.571. The molecule has 0 aromatic carbocycles. The van der Waals surface area contributed by atoms with Crippen molar-refractivity contribution < 1.29 is 9.53 Å². The smallest absolute Gasteiger partial charge is 0.171 e. The zero-order valence-electron chi connectivity index (χ0n) is 11.0. The van der Waals surface area contributed by atoms with Crippen LogP contribution in [0.4, 0.5) is 0 Å². The molecule has 1 saturated heterocycles. The van der Waals surface area contributed by atoms with Crippen LogP contribution in [0.15, 0.2) is 18.3 Å². The molecular formula is C14H20N2O2. The van der Waals surface area contributed by atoms with Crippen molar-refractivity contribution in [3.63, 3.8) is 0 Å². The molecule has 2 unspecified atom stereocenters. The van der Waals surface area contributed by atoms with Gasteiger partial charge in [0.05, 0.1) is 19.1 Å². The van der Waals surface area contributed by atoms with Gasteiger partial charge in [0.15, 0.2) is 5.78 Å². The van der Waals surface area contributed by atoms with Crippen LogP contribution < -0.4 is 5.32 Å². The number of hydrogen-bond acceptors (Lipinski definition) is 4. The zero-order valence-corrected chi connectivity index (χ0v) is 11.0. The molecule has 98 valence electrons. The topological polar surface area (TPSA) is 51.2 Å². The van der Waals surface area contributed by atoms with E-state index in [4.69, 9.17) is 4.74 Å². The molecule has 0 amide bonds. The molecule has 1 aliphatic heterocycles. The van der Waals surface area contributed by atoms with Crippen molar-refractivity contribution in [1.82, 2.24) is 10.3 Å². The standard InChI is InChI=1S/C14H20N2O2/c1-3-6-15-13-9-18-8-12(13)14(17)11-5-4-10(2)16-7-11/h4-5,7,12-13,15H,3,6,8-9H2,1-2H3. The first-order valence-corrected chi connectivity index (χ1v) is 6.50. The number of ketones is 1. The molecule has 18 heavy (non-hydrogen) atoms. The molecule has 1 fully saturated rings. The number of aryl methyl sites for hydroxylation is 1. The molecule has 4 nitrogen and oxygen atoms in total. The third kappa shape index (κ3) is 2.94. The largest absolute Gasteiger partial charge is 0.379 e. The Balaban J connectivity index is 2.05. The first kappa shape index (κ1) is 13.2. The minimum atomic E-state index is -0.0824. The lowest BCUT2D eigenvalue weighted by molar-refractivity contribution is 0.0891. The average Bonchev–Trinajstić information content (AvgIpc) is 2.84. The Morgan fingerprint density at radius 1 is 1.50 bits per heavy atom. The van der Waals surface area contributed by atoms with Crippen molar-refractivity contribution in [3.05, 3.63) is 29.6 Å². The molecule has 4 heteroatoms. The summed E-state index contributed by atoms with van der Waals surface area (Å²) in [6.07, 6.45) is 2.72. The number of ether oxygens (including phenoxy) is 1. The Morgan fingerprint density at radius 3 is 3.00 bits per heavy atom. The molecule has 0 spiro atoms. The Kier molecular flexibility index (Phi) is 4.44. The van der Waals surface area contributed by atoms with Crippen LogP contribution in [0.3, 0.4) is 0 Å². The van der Waals surface area contributed by atoms with Crippen LogP contribution >= 0.6 is 0 Å². The van der Waals surface area contributed by atoms with E-state index in [0.717, 1.165) is 18.7 Å². The molecule has 0 saturated carbocycles. The van der Waals surface area contributed by atoms with E-state index >= 15 is 0 Å². The minimum Gasteiger partial charge on any atom is -0.379 e. The molecular weight excluding hydrogens is 228 g/mol. The van der Waals surface area contributed by atoms with E-state index in [0.29, 0.717) is 18.8 Å². The van der Waals surface area contributed by atoms with E-state index in [1.165, 1.54) is 0 Å². The van der Waals surface area contributed by atoms with E-state index in [1.54, 1.807) is 6.20 Å². The number of pyridine rings is 1. The first-order chi connectivity index (χ1) is 8.72. The van der Waals surface area contributed by atoms with Gasteiger partial charge in [0, 0.05) is 23.5 Å². The number of rotatable bonds is 5. The van der Waals surface area contributed by atoms with E-state index in [9.17, 15) is 4.79 Å². The summed E-state index contributed by atoms with van der Waals surface area (Å²) in [5.74, 6) is 0.0506. The van der Waals surface area contributed by atoms with Gasteiger partial charge in [-0.15, -0.1) is 0 Å². The fourth-order valence-electron chi connectivity index (χ4n) is 2.17. The predicted molar refractivity (Wildman–Crippen MR) is 69.7 cm³/mol. The molecule has 1 aromatic rings. The highest BCUT2D eigenvalue weighted by Crippen LogP contribution is 2.19. The van der Waals surface area contributed by atoms with E-state index in [1.807, 2.05) is 19.1 Å². The molecule has 2 heterocycles. The summed E-state index contributed by atoms with van der Waals surface area (Å²) in [5, 5.41) is 3.38. The van der Waals surface area contributed by atoms with Crippen LogP contribution in [-0.4, -0.2) is 36.6 Å². The van der Waals surface area contributed by atoms with Gasteiger partial charge in [0.25, 0.3) is 0 Å². The Hall–Kier alpha value is -1.26. The summed E-state index contributed by atoms with van der Waals surface area (Å²) >= 11 is 0. The molecule has 1 aliphatic rings. The van der Waals surface area contributed by atoms with Gasteiger partial charge in [0.2, 0.25) is 0 Å². The lowest BCUT2D eigenvalue weighted by Crippen LogP contribution is -2.39. The number of carbonyl (C=O) groups is 1. The van der Waals surface area contributed by atoms with Crippen molar-refractivity contribution in [3.8, 4) is 0 Å². The van der Waals surface area contributed by atoms with Gasteiger partial charge < -0.3 is 10.1 Å². The summed E-state index contributed by atoms with van der Waals surface area (Å²) < 4.78 is 5.43. The third-order valence-corrected chi connectivity index (χ3v) is 3.27. The average molecular weight is 248 g/mol. The molecule has 1 aromatic heterocycles. The van der Waals surface area contributed by atoms with Gasteiger partial charge >= 0.3 is 0 Å². The molecule has 1 N–H and O–H groups in total. The van der Waals surface area contributed by atoms with Gasteiger partial charge in [0.1, 0.15) is 0 Å². The van der Waals surface area contributed by atoms with Crippen molar-refractivity contribution >= 4 is 5.78 Å². The van der Waals surface area contributed by atoms with Crippen molar-refractivity contribution in [2.75, 3.05) is 19.8 Å². The summed E-state index contributed by atoms with van der Waals surface area (Å²) in [7, 11) is 0. The maximum Gasteiger partial charge on any atom is 0.171 e. The summed E-state index contributed by atoms with van der Waals surface area (Å²) in [4.78, 5) is 16.5. The van der Waals surface area contributed by atoms with Gasteiger partial charge in [-0.25, -0.2) is 0 Å². The molecule has 0 aliphatic carbocycles. The van der Waals surface area contributed by atoms with Crippen LogP contribution in [0.5, 0.6) is 0 Å². The van der Waals surface area contributed by atoms with Crippen molar-refractivity contribution in [1.29, 1.82) is 0 Å². The molecule has 2 rings (SSSR count). The van der Waals surface area contributed by atoms with E-state index < -0.39 is 0 Å². The number of hydrogen-bond donors (Lipinski definition) is 1. The quantitative estimate of drug-likeness (QED) is 0.804. The Bertz CT molecular complexity index is 403.